The van der Waals surface area contributed by atoms with E-state index in [4.69, 9.17) is 0 Å². The predicted octanol–water partition coefficient (Wildman–Crippen LogP) is 6.78. The van der Waals surface area contributed by atoms with Gasteiger partial charge in [-0.25, -0.2) is 0 Å². The fraction of sp³-hybridized carbons (Fsp3) is 0.192. The van der Waals surface area contributed by atoms with Gasteiger partial charge in [-0.05, 0) is 73.5 Å². The summed E-state index contributed by atoms with van der Waals surface area (Å²) in [6.07, 6.45) is 6.53. The van der Waals surface area contributed by atoms with Crippen molar-refractivity contribution in [2.45, 2.75) is 19.4 Å². The number of nitrogens with one attached hydrogen (secondary N) is 2. The smallest absolute Gasteiger partial charge is 0.0837 e. The minimum atomic E-state index is 1.04. The molecule has 0 spiro atoms. The minimum absolute atomic E-state index is 1.04. The van der Waals surface area contributed by atoms with Crippen molar-refractivity contribution in [3.63, 3.8) is 0 Å². The molecule has 5 aromatic rings. The van der Waals surface area contributed by atoms with Crippen LogP contribution in [0.3, 0.4) is 0 Å². The molecule has 1 saturated heterocycles. The van der Waals surface area contributed by atoms with Crippen molar-refractivity contribution in [2.24, 2.45) is 0 Å². The first-order valence-corrected chi connectivity index (χ1v) is 11.7. The summed E-state index contributed by atoms with van der Waals surface area (Å²) in [4.78, 5) is 11.7. The zero-order valence-electron chi connectivity index (χ0n) is 17.3. The number of pyridine rings is 1. The molecule has 5 heteroatoms. The van der Waals surface area contributed by atoms with Gasteiger partial charge in [0.2, 0.25) is 0 Å². The van der Waals surface area contributed by atoms with Gasteiger partial charge in [-0.15, -0.1) is 11.3 Å². The van der Waals surface area contributed by atoms with Crippen LogP contribution in [0.4, 0.5) is 11.4 Å². The molecular weight excluding hydrogens is 400 g/mol. The summed E-state index contributed by atoms with van der Waals surface area (Å²) in [5, 5.41) is 4.80. The summed E-state index contributed by atoms with van der Waals surface area (Å²) in [6.45, 7) is 3.53. The maximum Gasteiger partial charge on any atom is 0.0837 e. The van der Waals surface area contributed by atoms with Gasteiger partial charge in [-0.1, -0.05) is 24.3 Å². The summed E-state index contributed by atoms with van der Waals surface area (Å²) < 4.78 is 1.19. The number of fused-ring (bicyclic) bond motifs is 2. The highest BCUT2D eigenvalue weighted by molar-refractivity contribution is 7.22. The van der Waals surface area contributed by atoms with Crippen LogP contribution in [0.1, 0.15) is 18.4 Å². The molecule has 0 bridgehead atoms. The second-order valence-corrected chi connectivity index (χ2v) is 9.32. The Bertz CT molecular complexity index is 1340. The molecule has 154 valence electrons. The first-order valence-electron chi connectivity index (χ1n) is 10.9. The molecule has 6 rings (SSSR count). The molecule has 0 aliphatic carbocycles. The molecule has 31 heavy (non-hydrogen) atoms. The van der Waals surface area contributed by atoms with E-state index in [0.29, 0.717) is 0 Å². The van der Waals surface area contributed by atoms with Gasteiger partial charge in [0.05, 0.1) is 15.9 Å². The van der Waals surface area contributed by atoms with E-state index in [1.54, 1.807) is 11.3 Å². The van der Waals surface area contributed by atoms with Crippen LogP contribution < -0.4 is 5.32 Å². The lowest BCUT2D eigenvalue weighted by molar-refractivity contribution is 0.331. The van der Waals surface area contributed by atoms with Crippen molar-refractivity contribution < 1.29 is 0 Å². The molecule has 1 aliphatic rings. The largest absolute Gasteiger partial charge is 0.361 e. The highest BCUT2D eigenvalue weighted by Gasteiger charge is 2.13. The van der Waals surface area contributed by atoms with Crippen molar-refractivity contribution in [1.82, 2.24) is 14.9 Å². The second kappa shape index (κ2) is 7.84. The molecular formula is C26H24N4S. The Morgan fingerprint density at radius 3 is 2.71 bits per heavy atom. The van der Waals surface area contributed by atoms with E-state index in [1.165, 1.54) is 52.0 Å². The average Bonchev–Trinajstić information content (AvgIpc) is 3.55. The maximum atomic E-state index is 4.62. The number of nitrogens with zero attached hydrogens (tertiary/aromatic N) is 2. The van der Waals surface area contributed by atoms with Gasteiger partial charge in [0.1, 0.15) is 0 Å². The van der Waals surface area contributed by atoms with Crippen LogP contribution in [0.5, 0.6) is 0 Å². The fourth-order valence-corrected chi connectivity index (χ4v) is 5.53. The number of H-pyrrole nitrogens is 1. The number of likely N-dealkylation sites (tertiary alicyclic amines) is 1. The Kier molecular flexibility index (Phi) is 4.70. The van der Waals surface area contributed by atoms with Crippen molar-refractivity contribution in [2.75, 3.05) is 18.4 Å². The van der Waals surface area contributed by atoms with Crippen LogP contribution in [0, 0.1) is 0 Å². The quantitative estimate of drug-likeness (QED) is 0.327. The Morgan fingerprint density at radius 1 is 0.968 bits per heavy atom. The third kappa shape index (κ3) is 3.71. The number of aromatic amines is 1. The normalized spacial score (nSPS) is 14.6. The molecule has 1 aliphatic heterocycles. The standard InChI is InChI=1S/C26H24N4S/c1-2-14-30(13-1)17-18-3-5-19(6-4-18)25-16-24-26(31-25)23(10-12-28-24)29-21-7-8-22-20(15-21)9-11-27-22/h3-12,15-16,27H,1-2,13-14,17H2,(H,28,29). The summed E-state index contributed by atoms with van der Waals surface area (Å²) in [7, 11) is 0. The summed E-state index contributed by atoms with van der Waals surface area (Å²) in [5.74, 6) is 0. The Hall–Kier alpha value is -3.15. The lowest BCUT2D eigenvalue weighted by Gasteiger charge is -2.14. The maximum absolute atomic E-state index is 4.62. The van der Waals surface area contributed by atoms with Crippen molar-refractivity contribution in [1.29, 1.82) is 0 Å². The first-order chi connectivity index (χ1) is 15.3. The van der Waals surface area contributed by atoms with Gasteiger partial charge in [-0.3, -0.25) is 9.88 Å². The minimum Gasteiger partial charge on any atom is -0.361 e. The summed E-state index contributed by atoms with van der Waals surface area (Å²) >= 11 is 1.80. The van der Waals surface area contributed by atoms with E-state index in [2.05, 4.69) is 80.8 Å². The zero-order valence-corrected chi connectivity index (χ0v) is 18.1. The van der Waals surface area contributed by atoms with Crippen LogP contribution >= 0.6 is 11.3 Å². The number of thiophene rings is 1. The number of hydrogen-bond donors (Lipinski definition) is 2. The number of anilines is 2. The lowest BCUT2D eigenvalue weighted by atomic mass is 10.1. The number of aromatic nitrogens is 2. The van der Waals surface area contributed by atoms with E-state index < -0.39 is 0 Å². The first kappa shape index (κ1) is 18.6. The fourth-order valence-electron chi connectivity index (χ4n) is 4.44. The molecule has 0 amide bonds. The average molecular weight is 425 g/mol. The Morgan fingerprint density at radius 2 is 1.84 bits per heavy atom. The monoisotopic (exact) mass is 424 g/mol. The van der Waals surface area contributed by atoms with Crippen molar-refractivity contribution in [3.8, 4) is 10.4 Å². The Labute approximate surface area is 185 Å². The molecule has 1 fully saturated rings. The molecule has 2 N–H and O–H groups in total. The van der Waals surface area contributed by atoms with Crippen LogP contribution in [-0.4, -0.2) is 28.0 Å². The van der Waals surface area contributed by atoms with Crippen molar-refractivity contribution in [3.05, 3.63) is 78.6 Å². The molecule has 4 heterocycles. The van der Waals surface area contributed by atoms with Gasteiger partial charge in [0.15, 0.2) is 0 Å². The van der Waals surface area contributed by atoms with Crippen LogP contribution in [0.15, 0.2) is 73.1 Å². The third-order valence-electron chi connectivity index (χ3n) is 6.09. The number of hydrogen-bond acceptors (Lipinski definition) is 4. The van der Waals surface area contributed by atoms with Crippen LogP contribution in [0.2, 0.25) is 0 Å². The highest BCUT2D eigenvalue weighted by atomic mass is 32.1. The van der Waals surface area contributed by atoms with E-state index in [1.807, 2.05) is 12.4 Å². The summed E-state index contributed by atoms with van der Waals surface area (Å²) in [5.41, 5.74) is 7.02. The molecule has 0 saturated carbocycles. The molecule has 0 radical (unpaired) electrons. The van der Waals surface area contributed by atoms with Gasteiger partial charge in [0, 0.05) is 40.4 Å². The van der Waals surface area contributed by atoms with E-state index in [0.717, 1.165) is 29.0 Å². The highest BCUT2D eigenvalue weighted by Crippen LogP contribution is 2.37. The molecule has 4 nitrogen and oxygen atoms in total. The zero-order chi connectivity index (χ0) is 20.6. The molecule has 0 unspecified atom stereocenters. The predicted molar refractivity (Wildman–Crippen MR) is 131 cm³/mol. The second-order valence-electron chi connectivity index (χ2n) is 8.27. The van der Waals surface area contributed by atoms with E-state index in [9.17, 15) is 0 Å². The van der Waals surface area contributed by atoms with Gasteiger partial charge in [0.25, 0.3) is 0 Å². The van der Waals surface area contributed by atoms with E-state index in [-0.39, 0.29) is 0 Å². The van der Waals surface area contributed by atoms with Gasteiger partial charge < -0.3 is 10.3 Å². The van der Waals surface area contributed by atoms with E-state index >= 15 is 0 Å². The Balaban J connectivity index is 1.28. The molecule has 3 aromatic heterocycles. The van der Waals surface area contributed by atoms with Crippen molar-refractivity contribution >= 4 is 43.8 Å². The summed E-state index contributed by atoms with van der Waals surface area (Å²) in [6, 6.07) is 21.8. The molecule has 2 aromatic carbocycles. The topological polar surface area (TPSA) is 44.0 Å². The van der Waals surface area contributed by atoms with Crippen LogP contribution in [-0.2, 0) is 6.54 Å². The lowest BCUT2D eigenvalue weighted by Crippen LogP contribution is -2.18. The number of rotatable bonds is 5. The van der Waals surface area contributed by atoms with Gasteiger partial charge in [-0.2, -0.15) is 0 Å². The van der Waals surface area contributed by atoms with Crippen LogP contribution in [0.25, 0.3) is 31.6 Å². The SMILES string of the molecule is c1cc(Nc2ccc3[nH]ccc3c2)c2sc(-c3ccc(CN4CCCC4)cc3)cc2n1. The number of benzene rings is 2. The third-order valence-corrected chi connectivity index (χ3v) is 7.29. The van der Waals surface area contributed by atoms with Gasteiger partial charge >= 0.3 is 0 Å². The molecule has 0 atom stereocenters.